The Hall–Kier alpha value is -2.33. The lowest BCUT2D eigenvalue weighted by Gasteiger charge is -2.23. The van der Waals surface area contributed by atoms with Crippen molar-refractivity contribution in [2.75, 3.05) is 13.6 Å². The van der Waals surface area contributed by atoms with E-state index in [1.165, 1.54) is 16.7 Å². The molecule has 26 heavy (non-hydrogen) atoms. The molecule has 2 N–H and O–H groups in total. The first kappa shape index (κ1) is 20.0. The van der Waals surface area contributed by atoms with E-state index in [1.54, 1.807) is 0 Å². The van der Waals surface area contributed by atoms with Crippen LogP contribution >= 0.6 is 0 Å². The van der Waals surface area contributed by atoms with Gasteiger partial charge in [-0.15, -0.1) is 0 Å². The Balaban J connectivity index is 2.02. The molecule has 0 aromatic heterocycles. The van der Waals surface area contributed by atoms with Gasteiger partial charge in [-0.25, -0.2) is 4.99 Å². The normalized spacial score (nSPS) is 11.8. The molecule has 0 amide bonds. The van der Waals surface area contributed by atoms with Crippen LogP contribution in [0.1, 0.15) is 37.5 Å². The lowest BCUT2D eigenvalue weighted by molar-refractivity contribution is 0.265. The van der Waals surface area contributed by atoms with Crippen molar-refractivity contribution in [1.82, 2.24) is 15.5 Å². The van der Waals surface area contributed by atoms with Crippen molar-refractivity contribution in [2.45, 2.75) is 46.4 Å². The molecule has 4 nitrogen and oxygen atoms in total. The molecular formula is C22H32N4. The van der Waals surface area contributed by atoms with Gasteiger partial charge in [0.15, 0.2) is 5.96 Å². The van der Waals surface area contributed by atoms with Gasteiger partial charge in [0.2, 0.25) is 0 Å². The number of hydrogen-bond acceptors (Lipinski definition) is 2. The third-order valence-electron chi connectivity index (χ3n) is 4.47. The third kappa shape index (κ3) is 6.52. The van der Waals surface area contributed by atoms with Crippen LogP contribution in [-0.2, 0) is 19.6 Å². The lowest BCUT2D eigenvalue weighted by Crippen LogP contribution is -2.37. The van der Waals surface area contributed by atoms with E-state index >= 15 is 0 Å². The average molecular weight is 353 g/mol. The molecule has 2 aromatic rings. The van der Waals surface area contributed by atoms with Crippen molar-refractivity contribution >= 4 is 5.96 Å². The summed E-state index contributed by atoms with van der Waals surface area (Å²) in [6.45, 7) is 9.77. The molecule has 0 fully saturated rings. The predicted molar refractivity (Wildman–Crippen MR) is 111 cm³/mol. The summed E-state index contributed by atoms with van der Waals surface area (Å²) in [5, 5.41) is 6.80. The third-order valence-corrected chi connectivity index (χ3v) is 4.47. The molecule has 0 aliphatic carbocycles. The summed E-state index contributed by atoms with van der Waals surface area (Å²) in [5.74, 6) is 0.850. The van der Waals surface area contributed by atoms with Gasteiger partial charge in [-0.1, -0.05) is 54.6 Å². The van der Waals surface area contributed by atoms with Crippen LogP contribution in [-0.4, -0.2) is 30.5 Å². The Morgan fingerprint density at radius 2 is 1.62 bits per heavy atom. The summed E-state index contributed by atoms with van der Waals surface area (Å²) < 4.78 is 0. The molecule has 0 atom stereocenters. The van der Waals surface area contributed by atoms with Crippen molar-refractivity contribution in [3.8, 4) is 0 Å². The highest BCUT2D eigenvalue weighted by Gasteiger charge is 2.08. The quantitative estimate of drug-likeness (QED) is 0.561. The molecule has 0 radical (unpaired) electrons. The second kappa shape index (κ2) is 10.6. The molecule has 0 unspecified atom stereocenters. The predicted octanol–water partition coefficient (Wildman–Crippen LogP) is 3.78. The number of hydrogen-bond donors (Lipinski definition) is 2. The first-order valence-electron chi connectivity index (χ1n) is 9.43. The van der Waals surface area contributed by atoms with E-state index in [4.69, 9.17) is 4.99 Å². The van der Waals surface area contributed by atoms with Gasteiger partial charge in [-0.05, 0) is 44.5 Å². The van der Waals surface area contributed by atoms with Crippen molar-refractivity contribution in [3.63, 3.8) is 0 Å². The van der Waals surface area contributed by atoms with Gasteiger partial charge in [0.05, 0.1) is 6.54 Å². The Bertz CT molecular complexity index is 680. The van der Waals surface area contributed by atoms with Gasteiger partial charge in [-0.3, -0.25) is 4.90 Å². The van der Waals surface area contributed by atoms with E-state index in [0.29, 0.717) is 12.6 Å². The molecule has 0 spiro atoms. The summed E-state index contributed by atoms with van der Waals surface area (Å²) in [5.41, 5.74) is 3.88. The largest absolute Gasteiger partial charge is 0.357 e. The van der Waals surface area contributed by atoms with Crippen molar-refractivity contribution in [3.05, 3.63) is 71.3 Å². The van der Waals surface area contributed by atoms with Gasteiger partial charge >= 0.3 is 0 Å². The Morgan fingerprint density at radius 1 is 0.962 bits per heavy atom. The molecule has 0 saturated heterocycles. The molecule has 0 heterocycles. The number of benzene rings is 2. The van der Waals surface area contributed by atoms with Gasteiger partial charge in [-0.2, -0.15) is 0 Å². The van der Waals surface area contributed by atoms with Gasteiger partial charge in [0.25, 0.3) is 0 Å². The van der Waals surface area contributed by atoms with Crippen molar-refractivity contribution in [2.24, 2.45) is 4.99 Å². The van der Waals surface area contributed by atoms with Crippen LogP contribution in [0.4, 0.5) is 0 Å². The summed E-state index contributed by atoms with van der Waals surface area (Å²) in [6.07, 6.45) is 0. The zero-order valence-electron chi connectivity index (χ0n) is 16.5. The highest BCUT2D eigenvalue weighted by molar-refractivity contribution is 5.79. The van der Waals surface area contributed by atoms with Gasteiger partial charge < -0.3 is 10.6 Å². The molecule has 0 bridgehead atoms. The standard InChI is InChI=1S/C22H32N4/c1-5-23-22(24-15-19-11-7-6-8-12-19)25-16-20-13-9-10-14-21(20)17-26(4)18(2)3/h6-14,18H,5,15-17H2,1-4H3,(H2,23,24,25). The second-order valence-corrected chi connectivity index (χ2v) is 6.81. The van der Waals surface area contributed by atoms with E-state index in [0.717, 1.165) is 25.6 Å². The van der Waals surface area contributed by atoms with Gasteiger partial charge in [0, 0.05) is 25.7 Å². The second-order valence-electron chi connectivity index (χ2n) is 6.81. The number of nitrogens with one attached hydrogen (secondary N) is 2. The maximum atomic E-state index is 4.70. The van der Waals surface area contributed by atoms with Gasteiger partial charge in [0.1, 0.15) is 0 Å². The van der Waals surface area contributed by atoms with Crippen molar-refractivity contribution < 1.29 is 0 Å². The van der Waals surface area contributed by atoms with Crippen LogP contribution < -0.4 is 10.6 Å². The summed E-state index contributed by atoms with van der Waals surface area (Å²) in [6, 6.07) is 19.5. The molecule has 0 aliphatic rings. The molecule has 2 aromatic carbocycles. The van der Waals surface area contributed by atoms with Crippen LogP contribution in [0.5, 0.6) is 0 Å². The summed E-state index contributed by atoms with van der Waals surface area (Å²) in [7, 11) is 2.17. The summed E-state index contributed by atoms with van der Waals surface area (Å²) in [4.78, 5) is 7.06. The van der Waals surface area contributed by atoms with E-state index in [-0.39, 0.29) is 0 Å². The molecule has 2 rings (SSSR count). The molecule has 140 valence electrons. The van der Waals surface area contributed by atoms with E-state index in [9.17, 15) is 0 Å². The minimum atomic E-state index is 0.528. The number of nitrogens with zero attached hydrogens (tertiary/aromatic N) is 2. The maximum absolute atomic E-state index is 4.70. The van der Waals surface area contributed by atoms with Crippen LogP contribution in [0, 0.1) is 0 Å². The smallest absolute Gasteiger partial charge is 0.191 e. The number of aliphatic imine (C=N–C) groups is 1. The fourth-order valence-corrected chi connectivity index (χ4v) is 2.61. The topological polar surface area (TPSA) is 39.7 Å². The first-order chi connectivity index (χ1) is 12.6. The number of rotatable bonds is 8. The highest BCUT2D eigenvalue weighted by atomic mass is 15.2. The maximum Gasteiger partial charge on any atom is 0.191 e. The average Bonchev–Trinajstić information content (AvgIpc) is 2.65. The molecule has 0 saturated carbocycles. The fourth-order valence-electron chi connectivity index (χ4n) is 2.61. The molecular weight excluding hydrogens is 320 g/mol. The fraction of sp³-hybridized carbons (Fsp3) is 0.409. The molecule has 0 aliphatic heterocycles. The first-order valence-corrected chi connectivity index (χ1v) is 9.43. The van der Waals surface area contributed by atoms with Crippen LogP contribution in [0.3, 0.4) is 0 Å². The molecule has 4 heteroatoms. The van der Waals surface area contributed by atoms with E-state index in [1.807, 2.05) is 18.2 Å². The highest BCUT2D eigenvalue weighted by Crippen LogP contribution is 2.12. The van der Waals surface area contributed by atoms with Crippen LogP contribution in [0.2, 0.25) is 0 Å². The van der Waals surface area contributed by atoms with Crippen LogP contribution in [0.15, 0.2) is 59.6 Å². The SMILES string of the molecule is CCNC(=NCc1ccccc1)NCc1ccccc1CN(C)C(C)C. The zero-order chi connectivity index (χ0) is 18.8. The number of guanidine groups is 1. The Kier molecular flexibility index (Phi) is 8.16. The van der Waals surface area contributed by atoms with E-state index < -0.39 is 0 Å². The Labute approximate surface area is 158 Å². The summed E-state index contributed by atoms with van der Waals surface area (Å²) >= 11 is 0. The minimum absolute atomic E-state index is 0.528. The van der Waals surface area contributed by atoms with E-state index in [2.05, 4.69) is 79.8 Å². The lowest BCUT2D eigenvalue weighted by atomic mass is 10.1. The van der Waals surface area contributed by atoms with Crippen molar-refractivity contribution in [1.29, 1.82) is 0 Å². The van der Waals surface area contributed by atoms with Crippen LogP contribution in [0.25, 0.3) is 0 Å². The Morgan fingerprint density at radius 3 is 2.27 bits per heavy atom. The monoisotopic (exact) mass is 352 g/mol. The minimum Gasteiger partial charge on any atom is -0.357 e. The zero-order valence-corrected chi connectivity index (χ0v) is 16.5.